The molecule has 21 heavy (non-hydrogen) atoms. The summed E-state index contributed by atoms with van der Waals surface area (Å²) in [5.41, 5.74) is 1.27. The Labute approximate surface area is 128 Å². The lowest BCUT2D eigenvalue weighted by molar-refractivity contribution is 0.254. The Morgan fingerprint density at radius 1 is 1.29 bits per heavy atom. The molecule has 1 aromatic rings. The van der Waals surface area contributed by atoms with Gasteiger partial charge in [-0.3, -0.25) is 4.90 Å². The number of likely N-dealkylation sites (N-methyl/N-ethyl adjacent to an activating group) is 1. The van der Waals surface area contributed by atoms with Gasteiger partial charge in [0, 0.05) is 37.4 Å². The third-order valence-electron chi connectivity index (χ3n) is 5.25. The highest BCUT2D eigenvalue weighted by Crippen LogP contribution is 2.30. The maximum atomic E-state index is 4.72. The van der Waals surface area contributed by atoms with Crippen LogP contribution in [0.5, 0.6) is 0 Å². The fourth-order valence-electron chi connectivity index (χ4n) is 3.78. The van der Waals surface area contributed by atoms with E-state index in [0.717, 1.165) is 31.5 Å². The van der Waals surface area contributed by atoms with E-state index in [1.165, 1.54) is 24.8 Å². The molecule has 0 radical (unpaired) electrons. The zero-order valence-electron chi connectivity index (χ0n) is 13.5. The van der Waals surface area contributed by atoms with Crippen LogP contribution in [0.2, 0.25) is 0 Å². The van der Waals surface area contributed by atoms with E-state index in [1.807, 2.05) is 6.20 Å². The molecule has 4 nitrogen and oxygen atoms in total. The van der Waals surface area contributed by atoms with Crippen molar-refractivity contribution in [3.63, 3.8) is 0 Å². The van der Waals surface area contributed by atoms with Crippen LogP contribution in [0.25, 0.3) is 0 Å². The number of nitrogens with zero attached hydrogens (tertiary/aromatic N) is 3. The van der Waals surface area contributed by atoms with Gasteiger partial charge in [-0.2, -0.15) is 0 Å². The molecule has 3 atom stereocenters. The molecule has 0 aromatic carbocycles. The van der Waals surface area contributed by atoms with Crippen molar-refractivity contribution in [3.05, 3.63) is 23.9 Å². The molecule has 2 bridgehead atoms. The molecule has 0 amide bonds. The van der Waals surface area contributed by atoms with Crippen LogP contribution in [0.4, 0.5) is 5.82 Å². The molecule has 1 aromatic heterocycles. The summed E-state index contributed by atoms with van der Waals surface area (Å²) >= 11 is 0. The molecule has 2 aliphatic heterocycles. The standard InChI is InChI=1S/C17H28N4/c1-4-18-13(2)14-5-8-17(19-11-14)21-10-9-15-6-7-16(12-21)20(15)3/h5,8,11,13,15-16,18H,4,6-7,9-10,12H2,1-3H3. The first kappa shape index (κ1) is 14.8. The molecule has 1 N–H and O–H groups in total. The van der Waals surface area contributed by atoms with Crippen LogP contribution < -0.4 is 10.2 Å². The van der Waals surface area contributed by atoms with Gasteiger partial charge in [0.2, 0.25) is 0 Å². The summed E-state index contributed by atoms with van der Waals surface area (Å²) < 4.78 is 0. The highest BCUT2D eigenvalue weighted by molar-refractivity contribution is 5.40. The van der Waals surface area contributed by atoms with E-state index in [9.17, 15) is 0 Å². The van der Waals surface area contributed by atoms with E-state index in [0.29, 0.717) is 12.1 Å². The summed E-state index contributed by atoms with van der Waals surface area (Å²) in [6.07, 6.45) is 6.02. The van der Waals surface area contributed by atoms with Crippen LogP contribution in [-0.2, 0) is 0 Å². The van der Waals surface area contributed by atoms with Gasteiger partial charge in [0.1, 0.15) is 5.82 Å². The van der Waals surface area contributed by atoms with E-state index in [2.05, 4.69) is 48.1 Å². The van der Waals surface area contributed by atoms with Gasteiger partial charge in [-0.1, -0.05) is 13.0 Å². The van der Waals surface area contributed by atoms with Gasteiger partial charge in [-0.25, -0.2) is 4.98 Å². The van der Waals surface area contributed by atoms with E-state index < -0.39 is 0 Å². The Balaban J connectivity index is 1.69. The fraction of sp³-hybridized carbons (Fsp3) is 0.706. The van der Waals surface area contributed by atoms with E-state index in [4.69, 9.17) is 4.98 Å². The Hall–Kier alpha value is -1.13. The number of rotatable bonds is 4. The average Bonchev–Trinajstić information content (AvgIpc) is 2.73. The highest BCUT2D eigenvalue weighted by atomic mass is 15.3. The lowest BCUT2D eigenvalue weighted by atomic mass is 10.1. The smallest absolute Gasteiger partial charge is 0.128 e. The number of hydrogen-bond donors (Lipinski definition) is 1. The Morgan fingerprint density at radius 3 is 2.81 bits per heavy atom. The predicted octanol–water partition coefficient (Wildman–Crippen LogP) is 2.43. The number of aromatic nitrogens is 1. The van der Waals surface area contributed by atoms with Crippen LogP contribution in [-0.4, -0.2) is 48.6 Å². The third-order valence-corrected chi connectivity index (χ3v) is 5.25. The fourth-order valence-corrected chi connectivity index (χ4v) is 3.78. The summed E-state index contributed by atoms with van der Waals surface area (Å²) in [5.74, 6) is 1.14. The maximum Gasteiger partial charge on any atom is 0.128 e. The molecule has 0 saturated carbocycles. The second kappa shape index (κ2) is 6.32. The van der Waals surface area contributed by atoms with Crippen molar-refractivity contribution in [3.8, 4) is 0 Å². The monoisotopic (exact) mass is 288 g/mol. The maximum absolute atomic E-state index is 4.72. The minimum atomic E-state index is 0.378. The van der Waals surface area contributed by atoms with E-state index in [1.54, 1.807) is 0 Å². The van der Waals surface area contributed by atoms with Crippen molar-refractivity contribution in [2.24, 2.45) is 0 Å². The van der Waals surface area contributed by atoms with Crippen molar-refractivity contribution in [1.82, 2.24) is 15.2 Å². The van der Waals surface area contributed by atoms with Crippen LogP contribution in [0.3, 0.4) is 0 Å². The predicted molar refractivity (Wildman–Crippen MR) is 87.7 cm³/mol. The largest absolute Gasteiger partial charge is 0.355 e. The molecule has 3 heterocycles. The van der Waals surface area contributed by atoms with Crippen molar-refractivity contribution in [2.45, 2.75) is 51.2 Å². The minimum absolute atomic E-state index is 0.378. The van der Waals surface area contributed by atoms with Crippen LogP contribution in [0.15, 0.2) is 18.3 Å². The molecule has 0 spiro atoms. The summed E-state index contributed by atoms with van der Waals surface area (Å²) in [5, 5.41) is 3.44. The normalized spacial score (nSPS) is 27.7. The Morgan fingerprint density at radius 2 is 2.10 bits per heavy atom. The lowest BCUT2D eigenvalue weighted by Crippen LogP contribution is -2.37. The number of anilines is 1. The average molecular weight is 288 g/mol. The van der Waals surface area contributed by atoms with Gasteiger partial charge in [0.25, 0.3) is 0 Å². The number of hydrogen-bond acceptors (Lipinski definition) is 4. The van der Waals surface area contributed by atoms with Gasteiger partial charge in [0.05, 0.1) is 0 Å². The lowest BCUT2D eigenvalue weighted by Gasteiger charge is -2.27. The number of pyridine rings is 1. The summed E-state index contributed by atoms with van der Waals surface area (Å²) in [6.45, 7) is 7.59. The third kappa shape index (κ3) is 3.06. The molecule has 2 saturated heterocycles. The molecular weight excluding hydrogens is 260 g/mol. The molecular formula is C17H28N4. The van der Waals surface area contributed by atoms with Gasteiger partial charge in [-0.15, -0.1) is 0 Å². The molecule has 3 rings (SSSR count). The van der Waals surface area contributed by atoms with Crippen molar-refractivity contribution >= 4 is 5.82 Å². The summed E-state index contributed by atoms with van der Waals surface area (Å²) in [4.78, 5) is 9.78. The number of nitrogens with one attached hydrogen (secondary N) is 1. The van der Waals surface area contributed by atoms with Crippen LogP contribution >= 0.6 is 0 Å². The highest BCUT2D eigenvalue weighted by Gasteiger charge is 2.34. The minimum Gasteiger partial charge on any atom is -0.355 e. The molecule has 116 valence electrons. The first-order valence-electron chi connectivity index (χ1n) is 8.35. The van der Waals surface area contributed by atoms with Gasteiger partial charge in [-0.05, 0) is 51.4 Å². The van der Waals surface area contributed by atoms with Gasteiger partial charge in [0.15, 0.2) is 0 Å². The SMILES string of the molecule is CCNC(C)c1ccc(N2CCC3CCC(C2)N3C)nc1. The molecule has 0 aliphatic carbocycles. The second-order valence-electron chi connectivity index (χ2n) is 6.51. The topological polar surface area (TPSA) is 31.4 Å². The molecule has 4 heteroatoms. The van der Waals surface area contributed by atoms with Gasteiger partial charge >= 0.3 is 0 Å². The zero-order chi connectivity index (χ0) is 14.8. The first-order valence-corrected chi connectivity index (χ1v) is 8.35. The summed E-state index contributed by atoms with van der Waals surface area (Å²) in [7, 11) is 2.29. The zero-order valence-corrected chi connectivity index (χ0v) is 13.5. The molecule has 2 aliphatic rings. The van der Waals surface area contributed by atoms with Crippen LogP contribution in [0, 0.1) is 0 Å². The van der Waals surface area contributed by atoms with Crippen LogP contribution in [0.1, 0.15) is 44.7 Å². The second-order valence-corrected chi connectivity index (χ2v) is 6.51. The van der Waals surface area contributed by atoms with Crippen molar-refractivity contribution in [1.29, 1.82) is 0 Å². The quantitative estimate of drug-likeness (QED) is 0.922. The van der Waals surface area contributed by atoms with Crippen molar-refractivity contribution in [2.75, 3.05) is 31.6 Å². The Bertz CT molecular complexity index is 458. The summed E-state index contributed by atoms with van der Waals surface area (Å²) in [6, 6.07) is 6.29. The molecule has 2 fully saturated rings. The molecule has 3 unspecified atom stereocenters. The van der Waals surface area contributed by atoms with Crippen molar-refractivity contribution < 1.29 is 0 Å². The number of fused-ring (bicyclic) bond motifs is 2. The Kier molecular flexibility index (Phi) is 4.45. The van der Waals surface area contributed by atoms with E-state index in [-0.39, 0.29) is 0 Å². The van der Waals surface area contributed by atoms with E-state index >= 15 is 0 Å². The van der Waals surface area contributed by atoms with Gasteiger partial charge < -0.3 is 10.2 Å². The first-order chi connectivity index (χ1) is 10.2.